The Labute approximate surface area is 144 Å². The summed E-state index contributed by atoms with van der Waals surface area (Å²) in [5, 5.41) is -0.501. The molecule has 1 amide bonds. The monoisotopic (exact) mass is 353 g/mol. The molecule has 0 spiro atoms. The predicted molar refractivity (Wildman–Crippen MR) is 93.9 cm³/mol. The highest BCUT2D eigenvalue weighted by molar-refractivity contribution is 7.92. The molecule has 0 aromatic heterocycles. The lowest BCUT2D eigenvalue weighted by Crippen LogP contribution is -2.58. The summed E-state index contributed by atoms with van der Waals surface area (Å²) in [5.41, 5.74) is 0. The van der Waals surface area contributed by atoms with Crippen molar-refractivity contribution in [3.8, 4) is 5.75 Å². The third-order valence-corrected chi connectivity index (χ3v) is 6.72. The van der Waals surface area contributed by atoms with E-state index >= 15 is 0 Å². The maximum atomic E-state index is 12.6. The fourth-order valence-corrected chi connectivity index (χ4v) is 4.77. The molecule has 0 radical (unpaired) electrons. The molecule has 1 aromatic carbocycles. The number of amides is 1. The van der Waals surface area contributed by atoms with E-state index in [9.17, 15) is 13.2 Å². The summed E-state index contributed by atoms with van der Waals surface area (Å²) in [7, 11) is -1.85. The Bertz CT molecular complexity index is 642. The number of rotatable bonds is 8. The molecular weight excluding hydrogens is 326 g/mol. The van der Waals surface area contributed by atoms with E-state index in [1.807, 2.05) is 0 Å². The fraction of sp³-hybridized carbons (Fsp3) is 0.611. The zero-order chi connectivity index (χ0) is 17.7. The number of ether oxygens (including phenoxy) is 1. The summed E-state index contributed by atoms with van der Waals surface area (Å²) >= 11 is 0. The third kappa shape index (κ3) is 3.91. The molecule has 0 bridgehead atoms. The van der Waals surface area contributed by atoms with Crippen LogP contribution in [0.1, 0.15) is 39.5 Å². The van der Waals surface area contributed by atoms with Crippen LogP contribution < -0.4 is 4.74 Å². The Balaban J connectivity index is 2.00. The lowest BCUT2D eigenvalue weighted by molar-refractivity contribution is -0.139. The Morgan fingerprint density at radius 2 is 1.71 bits per heavy atom. The van der Waals surface area contributed by atoms with E-state index in [2.05, 4.69) is 13.8 Å². The van der Waals surface area contributed by atoms with Gasteiger partial charge in [-0.2, -0.15) is 0 Å². The second-order valence-corrected chi connectivity index (χ2v) is 8.59. The quantitative estimate of drug-likeness (QED) is 0.721. The molecule has 2 rings (SSSR count). The first kappa shape index (κ1) is 18.8. The molecule has 0 saturated carbocycles. The minimum absolute atomic E-state index is 0.0321. The van der Waals surface area contributed by atoms with Crippen LogP contribution in [-0.2, 0) is 14.6 Å². The minimum Gasteiger partial charge on any atom is -0.497 e. The van der Waals surface area contributed by atoms with Gasteiger partial charge in [-0.25, -0.2) is 8.42 Å². The zero-order valence-corrected chi connectivity index (χ0v) is 15.5. The van der Waals surface area contributed by atoms with Gasteiger partial charge in [0, 0.05) is 19.0 Å². The van der Waals surface area contributed by atoms with E-state index in [0.717, 1.165) is 25.7 Å². The van der Waals surface area contributed by atoms with E-state index in [-0.39, 0.29) is 11.8 Å². The molecule has 134 valence electrons. The Morgan fingerprint density at radius 1 is 1.17 bits per heavy atom. The number of nitrogens with zero attached hydrogens (tertiary/aromatic N) is 1. The van der Waals surface area contributed by atoms with Gasteiger partial charge in [-0.1, -0.05) is 26.7 Å². The van der Waals surface area contributed by atoms with Crippen LogP contribution >= 0.6 is 0 Å². The standard InChI is InChI=1S/C18H27NO4S/c1-4-6-14(7-5-2)18(20)19-12-17(13-19)24(21,22)16-10-8-15(23-3)9-11-16/h8-11,14,17H,4-7,12-13H2,1-3H3. The Morgan fingerprint density at radius 3 is 2.17 bits per heavy atom. The van der Waals surface area contributed by atoms with E-state index < -0.39 is 15.1 Å². The summed E-state index contributed by atoms with van der Waals surface area (Å²) in [6.07, 6.45) is 3.69. The zero-order valence-electron chi connectivity index (χ0n) is 14.7. The minimum atomic E-state index is -3.39. The van der Waals surface area contributed by atoms with Crippen molar-refractivity contribution in [1.29, 1.82) is 0 Å². The van der Waals surface area contributed by atoms with Crippen LogP contribution in [0, 0.1) is 5.92 Å². The van der Waals surface area contributed by atoms with Crippen LogP contribution in [0.15, 0.2) is 29.2 Å². The van der Waals surface area contributed by atoms with Crippen LogP contribution in [0.25, 0.3) is 0 Å². The molecule has 5 nitrogen and oxygen atoms in total. The van der Waals surface area contributed by atoms with Crippen LogP contribution in [0.5, 0.6) is 5.75 Å². The SMILES string of the molecule is CCCC(CCC)C(=O)N1CC(S(=O)(=O)c2ccc(OC)cc2)C1. The molecule has 1 saturated heterocycles. The lowest BCUT2D eigenvalue weighted by Gasteiger charge is -2.40. The lowest BCUT2D eigenvalue weighted by atomic mass is 9.95. The maximum absolute atomic E-state index is 12.6. The van der Waals surface area contributed by atoms with Gasteiger partial charge in [0.15, 0.2) is 9.84 Å². The molecular formula is C18H27NO4S. The molecule has 1 aromatic rings. The molecule has 6 heteroatoms. The topological polar surface area (TPSA) is 63.7 Å². The molecule has 1 fully saturated rings. The van der Waals surface area contributed by atoms with Gasteiger partial charge in [0.05, 0.1) is 12.0 Å². The number of carbonyl (C=O) groups is 1. The average molecular weight is 353 g/mol. The van der Waals surface area contributed by atoms with Crippen LogP contribution in [0.3, 0.4) is 0 Å². The van der Waals surface area contributed by atoms with Crippen molar-refractivity contribution in [3.05, 3.63) is 24.3 Å². The van der Waals surface area contributed by atoms with Gasteiger partial charge in [-0.3, -0.25) is 4.79 Å². The largest absolute Gasteiger partial charge is 0.497 e. The Hall–Kier alpha value is -1.56. The highest BCUT2D eigenvalue weighted by Gasteiger charge is 2.41. The number of carbonyl (C=O) groups excluding carboxylic acids is 1. The highest BCUT2D eigenvalue weighted by atomic mass is 32.2. The first-order valence-electron chi connectivity index (χ1n) is 8.60. The Kier molecular flexibility index (Phi) is 6.27. The molecule has 1 heterocycles. The summed E-state index contributed by atoms with van der Waals surface area (Å²) in [6, 6.07) is 6.42. The van der Waals surface area contributed by atoms with Crippen molar-refractivity contribution in [1.82, 2.24) is 4.90 Å². The molecule has 0 aliphatic carbocycles. The molecule has 1 aliphatic heterocycles. The van der Waals surface area contributed by atoms with Crippen molar-refractivity contribution < 1.29 is 17.9 Å². The molecule has 0 unspecified atom stereocenters. The van der Waals surface area contributed by atoms with E-state index in [4.69, 9.17) is 4.74 Å². The molecule has 24 heavy (non-hydrogen) atoms. The number of benzene rings is 1. The average Bonchev–Trinajstić information content (AvgIpc) is 2.53. The summed E-state index contributed by atoms with van der Waals surface area (Å²) in [4.78, 5) is 14.5. The van der Waals surface area contributed by atoms with Gasteiger partial charge in [0.25, 0.3) is 0 Å². The maximum Gasteiger partial charge on any atom is 0.225 e. The van der Waals surface area contributed by atoms with Gasteiger partial charge < -0.3 is 9.64 Å². The van der Waals surface area contributed by atoms with Crippen molar-refractivity contribution in [2.45, 2.75) is 49.7 Å². The molecule has 0 N–H and O–H groups in total. The van der Waals surface area contributed by atoms with Crippen LogP contribution in [0.2, 0.25) is 0 Å². The van der Waals surface area contributed by atoms with Crippen molar-refractivity contribution in [2.75, 3.05) is 20.2 Å². The van der Waals surface area contributed by atoms with Gasteiger partial charge in [-0.05, 0) is 37.1 Å². The number of sulfone groups is 1. The van der Waals surface area contributed by atoms with Gasteiger partial charge in [-0.15, -0.1) is 0 Å². The second kappa shape index (κ2) is 8.01. The summed E-state index contributed by atoms with van der Waals surface area (Å²) < 4.78 is 30.3. The van der Waals surface area contributed by atoms with E-state index in [1.54, 1.807) is 36.3 Å². The first-order chi connectivity index (χ1) is 11.4. The second-order valence-electron chi connectivity index (χ2n) is 6.36. The number of hydrogen-bond donors (Lipinski definition) is 0. The van der Waals surface area contributed by atoms with Gasteiger partial charge in [0.2, 0.25) is 5.91 Å². The van der Waals surface area contributed by atoms with Crippen molar-refractivity contribution >= 4 is 15.7 Å². The van der Waals surface area contributed by atoms with Gasteiger partial charge in [0.1, 0.15) is 11.0 Å². The number of methoxy groups -OCH3 is 1. The number of hydrogen-bond acceptors (Lipinski definition) is 4. The predicted octanol–water partition coefficient (Wildman–Crippen LogP) is 2.90. The van der Waals surface area contributed by atoms with Crippen LogP contribution in [0.4, 0.5) is 0 Å². The summed E-state index contributed by atoms with van der Waals surface area (Å²) in [5.74, 6) is 0.769. The first-order valence-corrected chi connectivity index (χ1v) is 10.1. The fourth-order valence-electron chi connectivity index (χ4n) is 3.12. The highest BCUT2D eigenvalue weighted by Crippen LogP contribution is 2.28. The van der Waals surface area contributed by atoms with Crippen LogP contribution in [-0.4, -0.2) is 44.7 Å². The van der Waals surface area contributed by atoms with Crippen molar-refractivity contribution in [2.24, 2.45) is 5.92 Å². The normalized spacial score (nSPS) is 15.4. The van der Waals surface area contributed by atoms with Crippen molar-refractivity contribution in [3.63, 3.8) is 0 Å². The van der Waals surface area contributed by atoms with E-state index in [0.29, 0.717) is 23.7 Å². The third-order valence-electron chi connectivity index (χ3n) is 4.61. The smallest absolute Gasteiger partial charge is 0.225 e. The molecule has 1 aliphatic rings. The molecule has 0 atom stereocenters. The number of likely N-dealkylation sites (tertiary alicyclic amines) is 1. The van der Waals surface area contributed by atoms with Gasteiger partial charge >= 0.3 is 0 Å². The summed E-state index contributed by atoms with van der Waals surface area (Å²) in [6.45, 7) is 4.75. The van der Waals surface area contributed by atoms with E-state index in [1.165, 1.54) is 0 Å².